The van der Waals surface area contributed by atoms with E-state index < -0.39 is 10.0 Å². The average molecular weight is 307 g/mol. The Hall–Kier alpha value is -1.17. The Labute approximate surface area is 123 Å². The summed E-state index contributed by atoms with van der Waals surface area (Å²) >= 11 is 1.73. The van der Waals surface area contributed by atoms with Gasteiger partial charge in [0.15, 0.2) is 0 Å². The molecule has 0 N–H and O–H groups in total. The summed E-state index contributed by atoms with van der Waals surface area (Å²) in [6.45, 7) is 2.62. The molecule has 2 heterocycles. The van der Waals surface area contributed by atoms with Crippen LogP contribution in [0.1, 0.15) is 29.8 Å². The number of hydrogen-bond donors (Lipinski definition) is 0. The average Bonchev–Trinajstić information content (AvgIpc) is 2.95. The van der Waals surface area contributed by atoms with Gasteiger partial charge in [-0.05, 0) is 42.0 Å². The summed E-state index contributed by atoms with van der Waals surface area (Å²) in [6.07, 6.45) is 1.62. The minimum atomic E-state index is -3.41. The molecular weight excluding hydrogens is 290 g/mol. The van der Waals surface area contributed by atoms with Crippen LogP contribution in [0.15, 0.2) is 46.7 Å². The molecule has 106 valence electrons. The third kappa shape index (κ3) is 2.20. The summed E-state index contributed by atoms with van der Waals surface area (Å²) in [4.78, 5) is 1.72. The molecule has 1 aliphatic heterocycles. The first-order chi connectivity index (χ1) is 9.64. The maximum atomic E-state index is 12.8. The van der Waals surface area contributed by atoms with Gasteiger partial charge in [-0.25, -0.2) is 8.42 Å². The van der Waals surface area contributed by atoms with Crippen LogP contribution in [-0.4, -0.2) is 19.3 Å². The highest BCUT2D eigenvalue weighted by Gasteiger charge is 2.35. The highest BCUT2D eigenvalue weighted by molar-refractivity contribution is 7.89. The van der Waals surface area contributed by atoms with Crippen molar-refractivity contribution < 1.29 is 8.42 Å². The second-order valence-corrected chi connectivity index (χ2v) is 7.79. The van der Waals surface area contributed by atoms with E-state index >= 15 is 0 Å². The van der Waals surface area contributed by atoms with E-state index in [0.717, 1.165) is 12.8 Å². The van der Waals surface area contributed by atoms with Crippen LogP contribution in [0.5, 0.6) is 0 Å². The lowest BCUT2D eigenvalue weighted by Crippen LogP contribution is -2.39. The number of rotatable bonds is 3. The van der Waals surface area contributed by atoms with Crippen molar-refractivity contribution in [3.63, 3.8) is 0 Å². The summed E-state index contributed by atoms with van der Waals surface area (Å²) < 4.78 is 27.3. The minimum Gasteiger partial charge on any atom is -0.207 e. The molecule has 0 radical (unpaired) electrons. The number of sulfonamides is 1. The van der Waals surface area contributed by atoms with E-state index in [1.54, 1.807) is 39.9 Å². The number of benzene rings is 1. The SMILES string of the molecule is CCC1c2ccsc2CCN1S(=O)(=O)c1ccccc1. The van der Waals surface area contributed by atoms with Crippen molar-refractivity contribution in [2.75, 3.05) is 6.54 Å². The molecule has 0 bridgehead atoms. The normalized spacial score (nSPS) is 19.8. The fourth-order valence-electron chi connectivity index (χ4n) is 2.81. The molecule has 0 amide bonds. The number of fused-ring (bicyclic) bond motifs is 1. The first kappa shape index (κ1) is 13.8. The first-order valence-corrected chi connectivity index (χ1v) is 9.09. The van der Waals surface area contributed by atoms with E-state index in [1.807, 2.05) is 13.0 Å². The van der Waals surface area contributed by atoms with Gasteiger partial charge >= 0.3 is 0 Å². The summed E-state index contributed by atoms with van der Waals surface area (Å²) in [5, 5.41) is 2.06. The Balaban J connectivity index is 2.03. The Morgan fingerprint density at radius 3 is 2.70 bits per heavy atom. The van der Waals surface area contributed by atoms with Gasteiger partial charge in [0.1, 0.15) is 0 Å². The first-order valence-electron chi connectivity index (χ1n) is 6.77. The van der Waals surface area contributed by atoms with Crippen LogP contribution in [-0.2, 0) is 16.4 Å². The maximum Gasteiger partial charge on any atom is 0.243 e. The fraction of sp³-hybridized carbons (Fsp3) is 0.333. The molecule has 20 heavy (non-hydrogen) atoms. The van der Waals surface area contributed by atoms with Crippen LogP contribution < -0.4 is 0 Å². The Bertz CT molecular complexity index is 692. The molecule has 0 fully saturated rings. The molecule has 5 heteroatoms. The lowest BCUT2D eigenvalue weighted by molar-refractivity contribution is 0.303. The van der Waals surface area contributed by atoms with Gasteiger partial charge in [0.25, 0.3) is 0 Å². The van der Waals surface area contributed by atoms with Crippen LogP contribution in [0.3, 0.4) is 0 Å². The Morgan fingerprint density at radius 1 is 1.25 bits per heavy atom. The van der Waals surface area contributed by atoms with E-state index in [4.69, 9.17) is 0 Å². The van der Waals surface area contributed by atoms with Crippen LogP contribution in [0, 0.1) is 0 Å². The Morgan fingerprint density at radius 2 is 2.00 bits per heavy atom. The van der Waals surface area contributed by atoms with Crippen LogP contribution >= 0.6 is 11.3 Å². The van der Waals surface area contributed by atoms with Gasteiger partial charge in [0.2, 0.25) is 10.0 Å². The standard InChI is InChI=1S/C15H17NO2S2/c1-2-14-13-9-11-19-15(13)8-10-16(14)20(17,18)12-6-4-3-5-7-12/h3-7,9,11,14H,2,8,10H2,1H3. The third-order valence-electron chi connectivity index (χ3n) is 3.78. The van der Waals surface area contributed by atoms with Gasteiger partial charge < -0.3 is 0 Å². The van der Waals surface area contributed by atoms with Crippen molar-refractivity contribution in [2.24, 2.45) is 0 Å². The van der Waals surface area contributed by atoms with Crippen molar-refractivity contribution in [3.8, 4) is 0 Å². The van der Waals surface area contributed by atoms with Gasteiger partial charge in [-0.15, -0.1) is 11.3 Å². The zero-order chi connectivity index (χ0) is 14.2. The quantitative estimate of drug-likeness (QED) is 0.871. The molecule has 1 unspecified atom stereocenters. The highest BCUT2D eigenvalue weighted by atomic mass is 32.2. The molecule has 1 aliphatic rings. The van der Waals surface area contributed by atoms with Crippen molar-refractivity contribution in [3.05, 3.63) is 52.2 Å². The highest BCUT2D eigenvalue weighted by Crippen LogP contribution is 2.38. The molecule has 0 spiro atoms. The topological polar surface area (TPSA) is 37.4 Å². The fourth-order valence-corrected chi connectivity index (χ4v) is 5.44. The minimum absolute atomic E-state index is 0.0322. The maximum absolute atomic E-state index is 12.8. The predicted octanol–water partition coefficient (Wildman–Crippen LogP) is 3.45. The number of hydrogen-bond acceptors (Lipinski definition) is 3. The number of nitrogens with zero attached hydrogens (tertiary/aromatic N) is 1. The lowest BCUT2D eigenvalue weighted by Gasteiger charge is -2.34. The zero-order valence-electron chi connectivity index (χ0n) is 11.3. The molecule has 1 aromatic heterocycles. The van der Waals surface area contributed by atoms with Gasteiger partial charge in [0.05, 0.1) is 10.9 Å². The summed E-state index contributed by atoms with van der Waals surface area (Å²) in [7, 11) is -3.41. The summed E-state index contributed by atoms with van der Waals surface area (Å²) in [6, 6.07) is 10.8. The van der Waals surface area contributed by atoms with Crippen LogP contribution in [0.2, 0.25) is 0 Å². The molecule has 3 nitrogen and oxygen atoms in total. The van der Waals surface area contributed by atoms with E-state index in [0.29, 0.717) is 11.4 Å². The van der Waals surface area contributed by atoms with Gasteiger partial charge in [-0.3, -0.25) is 0 Å². The molecule has 1 aromatic carbocycles. The molecule has 0 saturated heterocycles. The van der Waals surface area contributed by atoms with Gasteiger partial charge in [-0.1, -0.05) is 25.1 Å². The van der Waals surface area contributed by atoms with Gasteiger partial charge in [-0.2, -0.15) is 4.31 Å². The molecule has 0 saturated carbocycles. The summed E-state index contributed by atoms with van der Waals surface area (Å²) in [5.41, 5.74) is 1.18. The molecule has 2 aromatic rings. The largest absolute Gasteiger partial charge is 0.243 e. The van der Waals surface area contributed by atoms with E-state index in [-0.39, 0.29) is 6.04 Å². The number of thiophene rings is 1. The van der Waals surface area contributed by atoms with Crippen molar-refractivity contribution >= 4 is 21.4 Å². The van der Waals surface area contributed by atoms with E-state index in [9.17, 15) is 8.42 Å². The monoisotopic (exact) mass is 307 g/mol. The van der Waals surface area contributed by atoms with Crippen LogP contribution in [0.25, 0.3) is 0 Å². The zero-order valence-corrected chi connectivity index (χ0v) is 13.0. The third-order valence-corrected chi connectivity index (χ3v) is 6.70. The van der Waals surface area contributed by atoms with Gasteiger partial charge in [0, 0.05) is 11.4 Å². The van der Waals surface area contributed by atoms with E-state index in [2.05, 4.69) is 11.4 Å². The van der Waals surface area contributed by atoms with E-state index in [1.165, 1.54) is 10.4 Å². The second kappa shape index (κ2) is 5.31. The molecule has 0 aliphatic carbocycles. The Kier molecular flexibility index (Phi) is 3.67. The molecule has 1 atom stereocenters. The molecular formula is C15H17NO2S2. The summed E-state index contributed by atoms with van der Waals surface area (Å²) in [5.74, 6) is 0. The smallest absolute Gasteiger partial charge is 0.207 e. The second-order valence-electron chi connectivity index (χ2n) is 4.90. The van der Waals surface area contributed by atoms with Crippen molar-refractivity contribution in [1.29, 1.82) is 0 Å². The predicted molar refractivity (Wildman–Crippen MR) is 81.4 cm³/mol. The van der Waals surface area contributed by atoms with Crippen molar-refractivity contribution in [2.45, 2.75) is 30.7 Å². The van der Waals surface area contributed by atoms with Crippen molar-refractivity contribution in [1.82, 2.24) is 4.31 Å². The molecule has 3 rings (SSSR count). The lowest BCUT2D eigenvalue weighted by atomic mass is 10.0. The van der Waals surface area contributed by atoms with Crippen LogP contribution in [0.4, 0.5) is 0 Å².